The van der Waals surface area contributed by atoms with Crippen molar-refractivity contribution in [2.75, 3.05) is 4.90 Å². The van der Waals surface area contributed by atoms with E-state index in [4.69, 9.17) is 0 Å². The number of hydrogen-bond donors (Lipinski definition) is 0. The van der Waals surface area contributed by atoms with Gasteiger partial charge in [-0.25, -0.2) is 0 Å². The van der Waals surface area contributed by atoms with Gasteiger partial charge in [-0.2, -0.15) is 0 Å². The number of allylic oxidation sites excluding steroid dienone is 2. The molecule has 0 bridgehead atoms. The van der Waals surface area contributed by atoms with Gasteiger partial charge in [-0.1, -0.05) is 40.2 Å². The third-order valence-corrected chi connectivity index (χ3v) is 6.08. The van der Waals surface area contributed by atoms with E-state index in [1.54, 1.807) is 0 Å². The number of aryl methyl sites for hydroxylation is 2. The predicted octanol–water partition coefficient (Wildman–Crippen LogP) is 5.59. The normalized spacial score (nSPS) is 20.1. The van der Waals surface area contributed by atoms with E-state index in [-0.39, 0.29) is 17.6 Å². The molecule has 2 aliphatic rings. The number of amides is 1. The molecule has 4 rings (SSSR count). The number of halogens is 1. The first-order valence-electron chi connectivity index (χ1n) is 9.37. The molecule has 4 heteroatoms. The van der Waals surface area contributed by atoms with E-state index in [9.17, 15) is 9.59 Å². The van der Waals surface area contributed by atoms with Crippen molar-refractivity contribution >= 4 is 33.3 Å². The van der Waals surface area contributed by atoms with Crippen LogP contribution in [0.4, 0.5) is 5.69 Å². The van der Waals surface area contributed by atoms with Crippen LogP contribution in [-0.4, -0.2) is 11.7 Å². The van der Waals surface area contributed by atoms with Crippen LogP contribution in [0.3, 0.4) is 0 Å². The standard InChI is InChI=1S/C23H22BrNO2/c1-14-6-7-15(2)20(12-14)25-19-4-3-5-21(26)23(19)18(13-22(25)27)16-8-10-17(24)11-9-16/h6-12,18H,3-5,13H2,1-2H3. The summed E-state index contributed by atoms with van der Waals surface area (Å²) in [4.78, 5) is 28.0. The van der Waals surface area contributed by atoms with E-state index >= 15 is 0 Å². The lowest BCUT2D eigenvalue weighted by molar-refractivity contribution is -0.119. The second-order valence-electron chi connectivity index (χ2n) is 7.46. The lowest BCUT2D eigenvalue weighted by Crippen LogP contribution is -2.40. The largest absolute Gasteiger partial charge is 0.294 e. The van der Waals surface area contributed by atoms with Gasteiger partial charge in [0.2, 0.25) is 5.91 Å². The van der Waals surface area contributed by atoms with Crippen molar-refractivity contribution in [3.8, 4) is 0 Å². The maximum absolute atomic E-state index is 13.2. The number of anilines is 1. The van der Waals surface area contributed by atoms with Crippen LogP contribution in [0.25, 0.3) is 0 Å². The van der Waals surface area contributed by atoms with E-state index in [0.29, 0.717) is 12.8 Å². The van der Waals surface area contributed by atoms with E-state index in [2.05, 4.69) is 28.1 Å². The van der Waals surface area contributed by atoms with Gasteiger partial charge in [0.15, 0.2) is 5.78 Å². The van der Waals surface area contributed by atoms with Gasteiger partial charge in [-0.15, -0.1) is 0 Å². The summed E-state index contributed by atoms with van der Waals surface area (Å²) in [7, 11) is 0. The zero-order valence-corrected chi connectivity index (χ0v) is 17.2. The zero-order valence-electron chi connectivity index (χ0n) is 15.6. The molecule has 0 saturated carbocycles. The van der Waals surface area contributed by atoms with Crippen LogP contribution in [0.5, 0.6) is 0 Å². The molecule has 138 valence electrons. The highest BCUT2D eigenvalue weighted by atomic mass is 79.9. The summed E-state index contributed by atoms with van der Waals surface area (Å²) >= 11 is 3.46. The molecule has 0 saturated heterocycles. The fraction of sp³-hybridized carbons (Fsp3) is 0.304. The second kappa shape index (κ2) is 7.08. The van der Waals surface area contributed by atoms with Gasteiger partial charge in [0.1, 0.15) is 0 Å². The second-order valence-corrected chi connectivity index (χ2v) is 8.38. The minimum Gasteiger partial charge on any atom is -0.294 e. The smallest absolute Gasteiger partial charge is 0.232 e. The molecule has 0 N–H and O–H groups in total. The molecule has 1 aliphatic carbocycles. The molecule has 1 atom stereocenters. The fourth-order valence-corrected chi connectivity index (χ4v) is 4.48. The van der Waals surface area contributed by atoms with Crippen LogP contribution < -0.4 is 4.90 Å². The molecule has 0 aromatic heterocycles. The molecule has 1 aliphatic heterocycles. The maximum atomic E-state index is 13.2. The molecule has 3 nitrogen and oxygen atoms in total. The van der Waals surface area contributed by atoms with Crippen LogP contribution >= 0.6 is 15.9 Å². The molecule has 2 aromatic carbocycles. The fourth-order valence-electron chi connectivity index (χ4n) is 4.21. The molecule has 0 radical (unpaired) electrons. The first kappa shape index (κ1) is 18.2. The van der Waals surface area contributed by atoms with Crippen molar-refractivity contribution in [3.05, 3.63) is 74.9 Å². The highest BCUT2D eigenvalue weighted by Crippen LogP contribution is 2.44. The van der Waals surface area contributed by atoms with Crippen LogP contribution in [-0.2, 0) is 9.59 Å². The van der Waals surface area contributed by atoms with Crippen molar-refractivity contribution in [3.63, 3.8) is 0 Å². The number of rotatable bonds is 2. The Labute approximate surface area is 168 Å². The van der Waals surface area contributed by atoms with Gasteiger partial charge in [-0.05, 0) is 61.6 Å². The minimum atomic E-state index is -0.144. The van der Waals surface area contributed by atoms with Gasteiger partial charge in [0.05, 0.1) is 5.69 Å². The molecular weight excluding hydrogens is 402 g/mol. The van der Waals surface area contributed by atoms with Crippen molar-refractivity contribution in [2.24, 2.45) is 0 Å². The topological polar surface area (TPSA) is 37.4 Å². The Bertz CT molecular complexity index is 959. The Kier molecular flexibility index (Phi) is 4.77. The average molecular weight is 424 g/mol. The first-order valence-corrected chi connectivity index (χ1v) is 10.2. The van der Waals surface area contributed by atoms with Crippen molar-refractivity contribution in [1.82, 2.24) is 0 Å². The Morgan fingerprint density at radius 3 is 2.48 bits per heavy atom. The number of benzene rings is 2. The van der Waals surface area contributed by atoms with Crippen LogP contribution in [0, 0.1) is 13.8 Å². The number of carbonyl (C=O) groups is 2. The lowest BCUT2D eigenvalue weighted by atomic mass is 9.77. The maximum Gasteiger partial charge on any atom is 0.232 e. The highest BCUT2D eigenvalue weighted by molar-refractivity contribution is 9.10. The van der Waals surface area contributed by atoms with Gasteiger partial charge in [0.25, 0.3) is 0 Å². The van der Waals surface area contributed by atoms with Gasteiger partial charge in [0, 0.05) is 34.5 Å². The zero-order chi connectivity index (χ0) is 19.1. The molecule has 1 heterocycles. The quantitative estimate of drug-likeness (QED) is 0.630. The molecule has 27 heavy (non-hydrogen) atoms. The van der Waals surface area contributed by atoms with Crippen LogP contribution in [0.1, 0.15) is 48.3 Å². The van der Waals surface area contributed by atoms with Crippen LogP contribution in [0.2, 0.25) is 0 Å². The molecular formula is C23H22BrNO2. The van der Waals surface area contributed by atoms with Crippen molar-refractivity contribution in [2.45, 2.75) is 45.4 Å². The molecule has 2 aromatic rings. The number of nitrogens with zero attached hydrogens (tertiary/aromatic N) is 1. The third kappa shape index (κ3) is 3.27. The lowest BCUT2D eigenvalue weighted by Gasteiger charge is -2.39. The summed E-state index contributed by atoms with van der Waals surface area (Å²) in [6.45, 7) is 4.05. The monoisotopic (exact) mass is 423 g/mol. The predicted molar refractivity (Wildman–Crippen MR) is 111 cm³/mol. The van der Waals surface area contributed by atoms with E-state index < -0.39 is 0 Å². The SMILES string of the molecule is Cc1ccc(C)c(N2C(=O)CC(c3ccc(Br)cc3)C3=C2CCCC3=O)c1. The summed E-state index contributed by atoms with van der Waals surface area (Å²) in [5.74, 6) is 0.117. The molecule has 1 unspecified atom stereocenters. The molecule has 1 amide bonds. The number of ketones is 1. The van der Waals surface area contributed by atoms with Gasteiger partial charge >= 0.3 is 0 Å². The first-order chi connectivity index (χ1) is 13.0. The van der Waals surface area contributed by atoms with Crippen molar-refractivity contribution < 1.29 is 9.59 Å². The number of Topliss-reactive ketones (excluding diaryl/α,β-unsaturated/α-hetero) is 1. The number of hydrogen-bond acceptors (Lipinski definition) is 2. The van der Waals surface area contributed by atoms with Crippen molar-refractivity contribution in [1.29, 1.82) is 0 Å². The van der Waals surface area contributed by atoms with E-state index in [1.165, 1.54) is 0 Å². The highest BCUT2D eigenvalue weighted by Gasteiger charge is 2.40. The van der Waals surface area contributed by atoms with E-state index in [1.807, 2.05) is 49.1 Å². The number of carbonyl (C=O) groups excluding carboxylic acids is 2. The molecule has 0 spiro atoms. The Morgan fingerprint density at radius 2 is 1.74 bits per heavy atom. The molecule has 0 fully saturated rings. The Hall–Kier alpha value is -2.20. The summed E-state index contributed by atoms with van der Waals surface area (Å²) < 4.78 is 0.995. The summed E-state index contributed by atoms with van der Waals surface area (Å²) in [6, 6.07) is 14.1. The summed E-state index contributed by atoms with van der Waals surface area (Å²) in [5, 5.41) is 0. The Morgan fingerprint density at radius 1 is 1.00 bits per heavy atom. The minimum absolute atomic E-state index is 0.0741. The third-order valence-electron chi connectivity index (χ3n) is 5.55. The van der Waals surface area contributed by atoms with E-state index in [0.717, 1.165) is 51.0 Å². The average Bonchev–Trinajstić information content (AvgIpc) is 2.64. The van der Waals surface area contributed by atoms with Gasteiger partial charge in [-0.3, -0.25) is 14.5 Å². The Balaban J connectivity index is 1.88. The van der Waals surface area contributed by atoms with Gasteiger partial charge < -0.3 is 0 Å². The summed E-state index contributed by atoms with van der Waals surface area (Å²) in [6.07, 6.45) is 2.48. The van der Waals surface area contributed by atoms with Crippen LogP contribution in [0.15, 0.2) is 58.2 Å². The summed E-state index contributed by atoms with van der Waals surface area (Å²) in [5.41, 5.74) is 5.86.